The topological polar surface area (TPSA) is 80.8 Å². The summed E-state index contributed by atoms with van der Waals surface area (Å²) in [4.78, 5) is 32.6. The van der Waals surface area contributed by atoms with Gasteiger partial charge in [0.1, 0.15) is 11.4 Å². The van der Waals surface area contributed by atoms with Crippen LogP contribution < -0.4 is 10.1 Å². The number of anilines is 1. The zero-order valence-corrected chi connectivity index (χ0v) is 18.8. The summed E-state index contributed by atoms with van der Waals surface area (Å²) in [5, 5.41) is 5.14. The van der Waals surface area contributed by atoms with Crippen LogP contribution in [0.5, 0.6) is 5.75 Å². The molecule has 162 valence electrons. The van der Waals surface area contributed by atoms with Crippen molar-refractivity contribution in [1.29, 1.82) is 0 Å². The molecule has 3 aromatic rings. The molecule has 0 unspecified atom stereocenters. The quantitative estimate of drug-likeness (QED) is 0.631. The molecule has 1 N–H and O–H groups in total. The number of rotatable bonds is 3. The van der Waals surface area contributed by atoms with Crippen LogP contribution in [0.25, 0.3) is 10.8 Å². The third kappa shape index (κ3) is 4.49. The van der Waals surface area contributed by atoms with Gasteiger partial charge in [-0.1, -0.05) is 35.6 Å². The van der Waals surface area contributed by atoms with Gasteiger partial charge in [-0.2, -0.15) is 0 Å². The first-order valence-corrected chi connectivity index (χ1v) is 10.9. The summed E-state index contributed by atoms with van der Waals surface area (Å²) in [5.74, 6) is 0.494. The van der Waals surface area contributed by atoms with Crippen LogP contribution in [0.4, 0.5) is 9.93 Å². The Morgan fingerprint density at radius 3 is 2.58 bits per heavy atom. The zero-order valence-electron chi connectivity index (χ0n) is 18.0. The third-order valence-electron chi connectivity index (χ3n) is 4.95. The fourth-order valence-corrected chi connectivity index (χ4v) is 4.56. The first-order chi connectivity index (χ1) is 14.7. The molecule has 2 amide bonds. The highest BCUT2D eigenvalue weighted by atomic mass is 32.1. The van der Waals surface area contributed by atoms with Gasteiger partial charge in [0, 0.05) is 28.8 Å². The Labute approximate surface area is 185 Å². The molecule has 0 fully saturated rings. The van der Waals surface area contributed by atoms with Crippen LogP contribution in [0.1, 0.15) is 41.7 Å². The molecule has 31 heavy (non-hydrogen) atoms. The molecule has 8 heteroatoms. The van der Waals surface area contributed by atoms with E-state index in [1.54, 1.807) is 24.1 Å². The van der Waals surface area contributed by atoms with E-state index in [-0.39, 0.29) is 12.0 Å². The van der Waals surface area contributed by atoms with Crippen LogP contribution in [0, 0.1) is 0 Å². The number of aromatic nitrogens is 1. The van der Waals surface area contributed by atoms with Crippen LogP contribution in [0.15, 0.2) is 36.4 Å². The second-order valence-electron chi connectivity index (χ2n) is 8.36. The van der Waals surface area contributed by atoms with Crippen LogP contribution >= 0.6 is 11.3 Å². The van der Waals surface area contributed by atoms with Crippen molar-refractivity contribution in [3.8, 4) is 5.75 Å². The smallest absolute Gasteiger partial charge is 0.410 e. The van der Waals surface area contributed by atoms with Gasteiger partial charge in [-0.05, 0) is 38.3 Å². The van der Waals surface area contributed by atoms with Crippen LogP contribution in [0.3, 0.4) is 0 Å². The number of carbonyl (C=O) groups excluding carboxylic acids is 2. The highest BCUT2D eigenvalue weighted by Crippen LogP contribution is 2.31. The molecular formula is C23H25N3O4S. The van der Waals surface area contributed by atoms with Crippen molar-refractivity contribution < 1.29 is 19.1 Å². The molecule has 0 saturated carbocycles. The third-order valence-corrected chi connectivity index (χ3v) is 5.95. The number of benzene rings is 2. The van der Waals surface area contributed by atoms with Crippen LogP contribution in [0.2, 0.25) is 0 Å². The van der Waals surface area contributed by atoms with Gasteiger partial charge in [-0.15, -0.1) is 0 Å². The highest BCUT2D eigenvalue weighted by Gasteiger charge is 2.28. The molecule has 0 spiro atoms. The van der Waals surface area contributed by atoms with Crippen LogP contribution in [-0.4, -0.2) is 41.1 Å². The number of hydrogen-bond acceptors (Lipinski definition) is 6. The maximum absolute atomic E-state index is 13.0. The summed E-state index contributed by atoms with van der Waals surface area (Å²) in [6.07, 6.45) is 0.300. The minimum absolute atomic E-state index is 0.228. The van der Waals surface area contributed by atoms with Gasteiger partial charge < -0.3 is 14.4 Å². The van der Waals surface area contributed by atoms with E-state index in [4.69, 9.17) is 9.47 Å². The van der Waals surface area contributed by atoms with E-state index in [0.29, 0.717) is 30.2 Å². The van der Waals surface area contributed by atoms with Gasteiger partial charge in [0.05, 0.1) is 19.3 Å². The second kappa shape index (κ2) is 8.19. The van der Waals surface area contributed by atoms with Crippen molar-refractivity contribution in [3.05, 3.63) is 52.5 Å². The van der Waals surface area contributed by atoms with Gasteiger partial charge in [0.25, 0.3) is 5.91 Å². The molecule has 0 aliphatic carbocycles. The predicted octanol–water partition coefficient (Wildman–Crippen LogP) is 4.85. The number of methoxy groups -OCH3 is 1. The molecule has 1 aliphatic rings. The van der Waals surface area contributed by atoms with Crippen LogP contribution in [-0.2, 0) is 17.7 Å². The zero-order chi connectivity index (χ0) is 22.2. The molecule has 0 bridgehead atoms. The molecule has 4 rings (SSSR count). The molecule has 2 heterocycles. The molecule has 2 aromatic carbocycles. The summed E-state index contributed by atoms with van der Waals surface area (Å²) in [6.45, 7) is 6.53. The average molecular weight is 440 g/mol. The van der Waals surface area contributed by atoms with E-state index < -0.39 is 5.60 Å². The summed E-state index contributed by atoms with van der Waals surface area (Å²) in [5.41, 5.74) is 0.936. The summed E-state index contributed by atoms with van der Waals surface area (Å²) in [6, 6.07) is 11.2. The maximum atomic E-state index is 13.0. The summed E-state index contributed by atoms with van der Waals surface area (Å²) < 4.78 is 10.9. The Morgan fingerprint density at radius 1 is 1.13 bits per heavy atom. The fourth-order valence-electron chi connectivity index (χ4n) is 3.54. The largest absolute Gasteiger partial charge is 0.496 e. The van der Waals surface area contributed by atoms with Crippen molar-refractivity contribution >= 4 is 39.2 Å². The molecular weight excluding hydrogens is 414 g/mol. The van der Waals surface area contributed by atoms with Gasteiger partial charge in [-0.25, -0.2) is 9.78 Å². The van der Waals surface area contributed by atoms with E-state index in [1.807, 2.05) is 45.0 Å². The standard InChI is InChI=1S/C23H25N3O4S/c1-23(2,3)30-22(28)26-12-11-17-19(13-26)31-21(24-17)25-20(27)16-9-10-18(29-4)15-8-6-5-7-14(15)16/h5-10H,11-13H2,1-4H3,(H,24,25,27). The Morgan fingerprint density at radius 2 is 1.87 bits per heavy atom. The number of ether oxygens (including phenoxy) is 2. The highest BCUT2D eigenvalue weighted by molar-refractivity contribution is 7.15. The Hall–Kier alpha value is -3.13. The lowest BCUT2D eigenvalue weighted by atomic mass is 10.0. The molecule has 1 aliphatic heterocycles. The number of thiazole rings is 1. The molecule has 0 radical (unpaired) electrons. The maximum Gasteiger partial charge on any atom is 0.410 e. The summed E-state index contributed by atoms with van der Waals surface area (Å²) in [7, 11) is 1.61. The first-order valence-electron chi connectivity index (χ1n) is 10.1. The first kappa shape index (κ1) is 21.1. The number of nitrogens with one attached hydrogen (secondary N) is 1. The van der Waals surface area contributed by atoms with E-state index in [9.17, 15) is 9.59 Å². The lowest BCUT2D eigenvalue weighted by Gasteiger charge is -2.29. The fraction of sp³-hybridized carbons (Fsp3) is 0.348. The minimum atomic E-state index is -0.536. The van der Waals surface area contributed by atoms with Gasteiger partial charge in [0.15, 0.2) is 5.13 Å². The number of fused-ring (bicyclic) bond motifs is 2. The lowest BCUT2D eigenvalue weighted by molar-refractivity contribution is 0.0225. The van der Waals surface area contributed by atoms with Crippen molar-refractivity contribution in [1.82, 2.24) is 9.88 Å². The van der Waals surface area contributed by atoms with Crippen molar-refractivity contribution in [3.63, 3.8) is 0 Å². The number of hydrogen-bond donors (Lipinski definition) is 1. The molecule has 0 saturated heterocycles. The molecule has 1 aromatic heterocycles. The van der Waals surface area contributed by atoms with Gasteiger partial charge >= 0.3 is 6.09 Å². The molecule has 0 atom stereocenters. The molecule has 7 nitrogen and oxygen atoms in total. The lowest BCUT2D eigenvalue weighted by Crippen LogP contribution is -2.39. The van der Waals surface area contributed by atoms with Crippen molar-refractivity contribution in [2.75, 3.05) is 19.0 Å². The minimum Gasteiger partial charge on any atom is -0.496 e. The summed E-state index contributed by atoms with van der Waals surface area (Å²) >= 11 is 1.39. The normalized spacial score (nSPS) is 13.6. The average Bonchev–Trinajstić information content (AvgIpc) is 3.12. The van der Waals surface area contributed by atoms with Gasteiger partial charge in [0.2, 0.25) is 0 Å². The van der Waals surface area contributed by atoms with Crippen molar-refractivity contribution in [2.45, 2.75) is 39.3 Å². The predicted molar refractivity (Wildman–Crippen MR) is 121 cm³/mol. The van der Waals surface area contributed by atoms with Crippen molar-refractivity contribution in [2.24, 2.45) is 0 Å². The second-order valence-corrected chi connectivity index (χ2v) is 9.44. The van der Waals surface area contributed by atoms with E-state index in [0.717, 1.165) is 27.1 Å². The van der Waals surface area contributed by atoms with E-state index in [2.05, 4.69) is 10.3 Å². The SMILES string of the molecule is COc1ccc(C(=O)Nc2nc3c(s2)CN(C(=O)OC(C)(C)C)CC3)c2ccccc12. The number of carbonyl (C=O) groups is 2. The number of amides is 2. The number of nitrogens with zero attached hydrogens (tertiary/aromatic N) is 2. The monoisotopic (exact) mass is 439 g/mol. The van der Waals surface area contributed by atoms with E-state index in [1.165, 1.54) is 11.3 Å². The Balaban J connectivity index is 1.52. The van der Waals surface area contributed by atoms with E-state index >= 15 is 0 Å². The van der Waals surface area contributed by atoms with Gasteiger partial charge in [-0.3, -0.25) is 10.1 Å². The Kier molecular flexibility index (Phi) is 5.58. The Bertz CT molecular complexity index is 1150.